The average Bonchev–Trinajstić information content (AvgIpc) is 3.03. The number of imide groups is 1. The maximum atomic E-state index is 13.7. The molecule has 164 valence electrons. The summed E-state index contributed by atoms with van der Waals surface area (Å²) >= 11 is 3.35. The molecule has 6 nitrogen and oxygen atoms in total. The average molecular weight is 505 g/mol. The third-order valence-corrected chi connectivity index (χ3v) is 8.55. The van der Waals surface area contributed by atoms with E-state index < -0.39 is 22.0 Å². The predicted octanol–water partition coefficient (Wildman–Crippen LogP) is 4.41. The molecule has 2 fully saturated rings. The predicted molar refractivity (Wildman–Crippen MR) is 122 cm³/mol. The Labute approximate surface area is 191 Å². The second kappa shape index (κ2) is 8.84. The van der Waals surface area contributed by atoms with Crippen LogP contribution in [0.5, 0.6) is 0 Å². The van der Waals surface area contributed by atoms with Gasteiger partial charge < -0.3 is 0 Å². The Bertz CT molecular complexity index is 1080. The molecule has 0 radical (unpaired) electrons. The van der Waals surface area contributed by atoms with Gasteiger partial charge in [0.25, 0.3) is 5.91 Å². The normalized spacial score (nSPS) is 20.6. The number of carbonyl (C=O) groups is 2. The van der Waals surface area contributed by atoms with E-state index in [9.17, 15) is 18.0 Å². The zero-order chi connectivity index (χ0) is 22.2. The quantitative estimate of drug-likeness (QED) is 0.565. The van der Waals surface area contributed by atoms with Crippen molar-refractivity contribution in [2.75, 3.05) is 4.90 Å². The van der Waals surface area contributed by atoms with E-state index in [1.807, 2.05) is 6.92 Å². The van der Waals surface area contributed by atoms with Crippen LogP contribution in [0.1, 0.15) is 44.1 Å². The molecule has 31 heavy (non-hydrogen) atoms. The number of halogens is 1. The van der Waals surface area contributed by atoms with Crippen LogP contribution in [0.3, 0.4) is 0 Å². The monoisotopic (exact) mass is 504 g/mol. The molecule has 1 atom stereocenters. The van der Waals surface area contributed by atoms with E-state index in [4.69, 9.17) is 0 Å². The van der Waals surface area contributed by atoms with Crippen LogP contribution in [0, 0.1) is 6.92 Å². The Morgan fingerprint density at radius 3 is 2.16 bits per heavy atom. The fourth-order valence-electron chi connectivity index (χ4n) is 4.46. The first-order valence-corrected chi connectivity index (χ1v) is 12.7. The second-order valence-electron chi connectivity index (χ2n) is 8.20. The van der Waals surface area contributed by atoms with E-state index in [0.717, 1.165) is 34.2 Å². The van der Waals surface area contributed by atoms with Crippen LogP contribution in [0.25, 0.3) is 0 Å². The van der Waals surface area contributed by atoms with Gasteiger partial charge in [-0.2, -0.15) is 4.31 Å². The highest BCUT2D eigenvalue weighted by Crippen LogP contribution is 2.35. The zero-order valence-corrected chi connectivity index (χ0v) is 19.7. The molecule has 2 amide bonds. The molecule has 4 rings (SSSR count). The van der Waals surface area contributed by atoms with Gasteiger partial charge in [0.15, 0.2) is 0 Å². The fraction of sp³-hybridized carbons (Fsp3) is 0.391. The largest absolute Gasteiger partial charge is 0.274 e. The number of nitrogens with zero attached hydrogens (tertiary/aromatic N) is 2. The van der Waals surface area contributed by atoms with Crippen molar-refractivity contribution >= 4 is 43.5 Å². The SMILES string of the molecule is Cc1ccc(S(=O)(=O)N(C2CCCCC2)C2CC(=O)N(c3ccc(Br)cc3)C2=O)cc1. The number of sulfonamides is 1. The number of hydrogen-bond acceptors (Lipinski definition) is 4. The number of amides is 2. The van der Waals surface area contributed by atoms with Gasteiger partial charge in [0.1, 0.15) is 6.04 Å². The van der Waals surface area contributed by atoms with Gasteiger partial charge in [-0.1, -0.05) is 52.9 Å². The zero-order valence-electron chi connectivity index (χ0n) is 17.3. The highest BCUT2D eigenvalue weighted by molar-refractivity contribution is 9.10. The van der Waals surface area contributed by atoms with E-state index in [-0.39, 0.29) is 23.3 Å². The summed E-state index contributed by atoms with van der Waals surface area (Å²) in [5, 5.41) is 0. The van der Waals surface area contributed by atoms with Gasteiger partial charge in [-0.3, -0.25) is 9.59 Å². The van der Waals surface area contributed by atoms with Gasteiger partial charge in [-0.05, 0) is 56.2 Å². The van der Waals surface area contributed by atoms with Gasteiger partial charge >= 0.3 is 0 Å². The Morgan fingerprint density at radius 2 is 1.55 bits per heavy atom. The van der Waals surface area contributed by atoms with Crippen molar-refractivity contribution in [2.24, 2.45) is 0 Å². The molecule has 1 saturated carbocycles. The van der Waals surface area contributed by atoms with Crippen molar-refractivity contribution in [3.8, 4) is 0 Å². The molecule has 2 aromatic rings. The topological polar surface area (TPSA) is 74.8 Å². The molecular weight excluding hydrogens is 480 g/mol. The highest BCUT2D eigenvalue weighted by atomic mass is 79.9. The maximum Gasteiger partial charge on any atom is 0.252 e. The molecule has 1 aliphatic carbocycles. The Kier molecular flexibility index (Phi) is 6.32. The van der Waals surface area contributed by atoms with Gasteiger partial charge in [-0.15, -0.1) is 0 Å². The lowest BCUT2D eigenvalue weighted by atomic mass is 9.94. The molecule has 8 heteroatoms. The van der Waals surface area contributed by atoms with E-state index >= 15 is 0 Å². The number of rotatable bonds is 5. The summed E-state index contributed by atoms with van der Waals surface area (Å²) in [6.07, 6.45) is 4.13. The van der Waals surface area contributed by atoms with Crippen molar-refractivity contribution in [3.05, 3.63) is 58.6 Å². The molecule has 0 bridgehead atoms. The first-order valence-electron chi connectivity index (χ1n) is 10.5. The Morgan fingerprint density at radius 1 is 0.935 bits per heavy atom. The summed E-state index contributed by atoms with van der Waals surface area (Å²) in [4.78, 5) is 27.5. The van der Waals surface area contributed by atoms with E-state index in [1.165, 1.54) is 4.31 Å². The molecule has 1 heterocycles. The number of aryl methyl sites for hydroxylation is 1. The first kappa shape index (κ1) is 22.2. The highest BCUT2D eigenvalue weighted by Gasteiger charge is 2.49. The van der Waals surface area contributed by atoms with Crippen LogP contribution in [0.2, 0.25) is 0 Å². The number of benzene rings is 2. The first-order chi connectivity index (χ1) is 14.8. The number of hydrogen-bond donors (Lipinski definition) is 0. The minimum absolute atomic E-state index is 0.142. The lowest BCUT2D eigenvalue weighted by Crippen LogP contribution is -2.51. The molecular formula is C23H25BrN2O4S. The van der Waals surface area contributed by atoms with Crippen LogP contribution in [-0.2, 0) is 19.6 Å². The number of carbonyl (C=O) groups excluding carboxylic acids is 2. The molecule has 0 aromatic heterocycles. The van der Waals surface area contributed by atoms with Gasteiger partial charge in [0, 0.05) is 10.5 Å². The molecule has 1 saturated heterocycles. The standard InChI is InChI=1S/C23H25BrN2O4S/c1-16-7-13-20(14-8-16)31(29,30)26(19-5-3-2-4-6-19)21-15-22(27)25(23(21)28)18-11-9-17(24)10-12-18/h7-14,19,21H,2-6,15H2,1H3. The summed E-state index contributed by atoms with van der Waals surface area (Å²) in [5.41, 5.74) is 1.41. The van der Waals surface area contributed by atoms with Crippen molar-refractivity contribution in [1.29, 1.82) is 0 Å². The smallest absolute Gasteiger partial charge is 0.252 e. The third kappa shape index (κ3) is 4.33. The van der Waals surface area contributed by atoms with Crippen LogP contribution in [0.15, 0.2) is 57.9 Å². The summed E-state index contributed by atoms with van der Waals surface area (Å²) in [5.74, 6) is -0.856. The Balaban J connectivity index is 1.73. The van der Waals surface area contributed by atoms with E-state index in [2.05, 4.69) is 15.9 Å². The van der Waals surface area contributed by atoms with E-state index in [0.29, 0.717) is 18.5 Å². The van der Waals surface area contributed by atoms with Crippen molar-refractivity contribution in [3.63, 3.8) is 0 Å². The molecule has 2 aromatic carbocycles. The van der Waals surface area contributed by atoms with Gasteiger partial charge in [-0.25, -0.2) is 13.3 Å². The summed E-state index contributed by atoms with van der Waals surface area (Å²) in [6, 6.07) is 12.2. The van der Waals surface area contributed by atoms with Crippen molar-refractivity contribution < 1.29 is 18.0 Å². The third-order valence-electron chi connectivity index (χ3n) is 6.05. The van der Waals surface area contributed by atoms with Crippen molar-refractivity contribution in [1.82, 2.24) is 4.31 Å². The maximum absolute atomic E-state index is 13.7. The van der Waals surface area contributed by atoms with Gasteiger partial charge in [0.2, 0.25) is 15.9 Å². The van der Waals surface area contributed by atoms with Crippen LogP contribution in [-0.4, -0.2) is 36.6 Å². The lowest BCUT2D eigenvalue weighted by Gasteiger charge is -2.36. The fourth-order valence-corrected chi connectivity index (χ4v) is 6.55. The molecule has 0 spiro atoms. The van der Waals surface area contributed by atoms with Gasteiger partial charge in [0.05, 0.1) is 17.0 Å². The number of anilines is 1. The molecule has 0 N–H and O–H groups in total. The Hall–Kier alpha value is -2.03. The van der Waals surface area contributed by atoms with Crippen LogP contribution in [0.4, 0.5) is 5.69 Å². The lowest BCUT2D eigenvalue weighted by molar-refractivity contribution is -0.122. The molecule has 2 aliphatic rings. The molecule has 1 aliphatic heterocycles. The van der Waals surface area contributed by atoms with Crippen molar-refractivity contribution in [2.45, 2.75) is 62.4 Å². The van der Waals surface area contributed by atoms with E-state index in [1.54, 1.807) is 48.5 Å². The minimum Gasteiger partial charge on any atom is -0.274 e. The van der Waals surface area contributed by atoms with Crippen LogP contribution >= 0.6 is 15.9 Å². The summed E-state index contributed by atoms with van der Waals surface area (Å²) < 4.78 is 29.6. The summed E-state index contributed by atoms with van der Waals surface area (Å²) in [6.45, 7) is 1.89. The minimum atomic E-state index is -3.94. The second-order valence-corrected chi connectivity index (χ2v) is 11.0. The molecule has 1 unspecified atom stereocenters. The summed E-state index contributed by atoms with van der Waals surface area (Å²) in [7, 11) is -3.94. The van der Waals surface area contributed by atoms with Crippen LogP contribution < -0.4 is 4.90 Å².